The summed E-state index contributed by atoms with van der Waals surface area (Å²) in [5.41, 5.74) is 7.78. The van der Waals surface area contributed by atoms with E-state index in [9.17, 15) is 13.2 Å². The van der Waals surface area contributed by atoms with Crippen LogP contribution in [-0.2, 0) is 6.18 Å². The number of nitrogens with zero attached hydrogens (tertiary/aromatic N) is 1. The van der Waals surface area contributed by atoms with Gasteiger partial charge in [0.25, 0.3) is 0 Å². The summed E-state index contributed by atoms with van der Waals surface area (Å²) in [7, 11) is 0. The normalized spacial score (nSPS) is 11.5. The number of anilines is 1. The van der Waals surface area contributed by atoms with E-state index < -0.39 is 11.7 Å². The van der Waals surface area contributed by atoms with Crippen molar-refractivity contribution in [3.8, 4) is 33.7 Å². The van der Waals surface area contributed by atoms with Gasteiger partial charge in [-0.15, -0.1) is 0 Å². The van der Waals surface area contributed by atoms with Gasteiger partial charge in [0.05, 0.1) is 5.56 Å². The number of hydrogen-bond donors (Lipinski definition) is 1. The van der Waals surface area contributed by atoms with Gasteiger partial charge < -0.3 is 10.3 Å². The molecule has 0 aliphatic heterocycles. The zero-order valence-electron chi connectivity index (χ0n) is 14.6. The summed E-state index contributed by atoms with van der Waals surface area (Å²) in [6.07, 6.45) is -4.50. The Morgan fingerprint density at radius 2 is 1.43 bits per heavy atom. The third-order valence-electron chi connectivity index (χ3n) is 4.41. The van der Waals surface area contributed by atoms with E-state index >= 15 is 0 Å². The van der Waals surface area contributed by atoms with Gasteiger partial charge in [-0.1, -0.05) is 59.8 Å². The van der Waals surface area contributed by atoms with Gasteiger partial charge in [0.2, 0.25) is 0 Å². The van der Waals surface area contributed by atoms with Gasteiger partial charge in [-0.05, 0) is 29.3 Å². The molecule has 1 heterocycles. The van der Waals surface area contributed by atoms with E-state index in [-0.39, 0.29) is 11.3 Å². The van der Waals surface area contributed by atoms with Crippen molar-refractivity contribution in [3.63, 3.8) is 0 Å². The van der Waals surface area contributed by atoms with Crippen LogP contribution >= 0.6 is 0 Å². The fourth-order valence-corrected chi connectivity index (χ4v) is 3.00. The molecule has 0 saturated carbocycles. The lowest BCUT2D eigenvalue weighted by atomic mass is 9.96. The van der Waals surface area contributed by atoms with E-state index in [0.29, 0.717) is 22.5 Å². The minimum absolute atomic E-state index is 0.120. The van der Waals surface area contributed by atoms with E-state index in [1.54, 1.807) is 66.7 Å². The highest BCUT2D eigenvalue weighted by atomic mass is 19.4. The van der Waals surface area contributed by atoms with Crippen LogP contribution in [0.4, 0.5) is 18.9 Å². The second kappa shape index (κ2) is 6.88. The molecule has 0 atom stereocenters. The van der Waals surface area contributed by atoms with Crippen LogP contribution < -0.4 is 5.73 Å². The van der Waals surface area contributed by atoms with Crippen molar-refractivity contribution in [2.24, 2.45) is 0 Å². The number of nitrogens with two attached hydrogens (primary N) is 1. The summed E-state index contributed by atoms with van der Waals surface area (Å²) >= 11 is 0. The standard InChI is InChI=1S/C22H15F3N2O/c23-22(24,25)19-12-16(8-11-18(19)14-4-2-1-3-5-14)21-13-20(27-28-21)15-6-9-17(26)10-7-15/h1-13H,26H2. The average Bonchev–Trinajstić information content (AvgIpc) is 3.18. The molecule has 3 nitrogen and oxygen atoms in total. The number of alkyl halides is 3. The zero-order valence-corrected chi connectivity index (χ0v) is 14.6. The number of nitrogen functional groups attached to an aromatic ring is 1. The minimum Gasteiger partial charge on any atom is -0.399 e. The first-order valence-electron chi connectivity index (χ1n) is 8.51. The van der Waals surface area contributed by atoms with Crippen LogP contribution in [0.5, 0.6) is 0 Å². The topological polar surface area (TPSA) is 52.0 Å². The molecule has 0 spiro atoms. The molecule has 6 heteroatoms. The highest BCUT2D eigenvalue weighted by molar-refractivity contribution is 5.74. The van der Waals surface area contributed by atoms with Gasteiger partial charge in [0.15, 0.2) is 5.76 Å². The van der Waals surface area contributed by atoms with E-state index in [1.165, 1.54) is 6.07 Å². The van der Waals surface area contributed by atoms with Crippen LogP contribution in [0.15, 0.2) is 83.4 Å². The molecule has 0 radical (unpaired) electrons. The third kappa shape index (κ3) is 3.49. The minimum atomic E-state index is -4.50. The van der Waals surface area contributed by atoms with E-state index in [0.717, 1.165) is 11.6 Å². The molecule has 0 aliphatic carbocycles. The Hall–Kier alpha value is -3.54. The highest BCUT2D eigenvalue weighted by Crippen LogP contribution is 2.39. The Morgan fingerprint density at radius 1 is 0.750 bits per heavy atom. The summed E-state index contributed by atoms with van der Waals surface area (Å²) in [5.74, 6) is 0.261. The SMILES string of the molecule is Nc1ccc(-c2cc(-c3ccc(-c4ccccc4)c(C(F)(F)F)c3)on2)cc1. The van der Waals surface area contributed by atoms with E-state index in [1.807, 2.05) is 0 Å². The van der Waals surface area contributed by atoms with Gasteiger partial charge in [-0.3, -0.25) is 0 Å². The molecule has 4 aromatic rings. The van der Waals surface area contributed by atoms with Crippen molar-refractivity contribution in [3.05, 3.63) is 84.4 Å². The maximum absolute atomic E-state index is 13.7. The lowest BCUT2D eigenvalue weighted by molar-refractivity contribution is -0.137. The molecule has 3 aromatic carbocycles. The lowest BCUT2D eigenvalue weighted by Crippen LogP contribution is -2.07. The second-order valence-corrected chi connectivity index (χ2v) is 6.32. The predicted molar refractivity (Wildman–Crippen MR) is 102 cm³/mol. The smallest absolute Gasteiger partial charge is 0.399 e. The molecule has 0 bridgehead atoms. The Kier molecular flexibility index (Phi) is 4.39. The van der Waals surface area contributed by atoms with E-state index in [4.69, 9.17) is 10.3 Å². The molecule has 0 aliphatic rings. The number of rotatable bonds is 3. The molecule has 4 rings (SSSR count). The zero-order chi connectivity index (χ0) is 19.7. The molecular weight excluding hydrogens is 365 g/mol. The number of hydrogen-bond acceptors (Lipinski definition) is 3. The molecule has 0 fully saturated rings. The second-order valence-electron chi connectivity index (χ2n) is 6.32. The summed E-state index contributed by atoms with van der Waals surface area (Å²) in [5, 5.41) is 3.97. The molecule has 140 valence electrons. The quantitative estimate of drug-likeness (QED) is 0.426. The number of halogens is 3. The van der Waals surface area contributed by atoms with Crippen molar-refractivity contribution in [2.45, 2.75) is 6.18 Å². The van der Waals surface area contributed by atoms with Crippen LogP contribution in [0.3, 0.4) is 0 Å². The number of benzene rings is 3. The maximum Gasteiger partial charge on any atom is 0.417 e. The summed E-state index contributed by atoms with van der Waals surface area (Å²) < 4.78 is 46.3. The van der Waals surface area contributed by atoms with Crippen LogP contribution in [0.25, 0.3) is 33.7 Å². The van der Waals surface area contributed by atoms with Gasteiger partial charge in [0.1, 0.15) is 5.69 Å². The highest BCUT2D eigenvalue weighted by Gasteiger charge is 2.34. The lowest BCUT2D eigenvalue weighted by Gasteiger charge is -2.14. The first-order chi connectivity index (χ1) is 13.4. The summed E-state index contributed by atoms with van der Waals surface area (Å²) in [4.78, 5) is 0. The van der Waals surface area contributed by atoms with Crippen molar-refractivity contribution in [1.82, 2.24) is 5.16 Å². The van der Waals surface area contributed by atoms with Gasteiger partial charge in [-0.25, -0.2) is 0 Å². The fourth-order valence-electron chi connectivity index (χ4n) is 3.00. The molecule has 28 heavy (non-hydrogen) atoms. The average molecular weight is 380 g/mol. The Balaban J connectivity index is 1.76. The first kappa shape index (κ1) is 17.9. The Bertz CT molecular complexity index is 1100. The van der Waals surface area contributed by atoms with Crippen LogP contribution in [-0.4, -0.2) is 5.16 Å². The number of aromatic nitrogens is 1. The van der Waals surface area contributed by atoms with Crippen LogP contribution in [0.1, 0.15) is 5.56 Å². The molecule has 0 amide bonds. The van der Waals surface area contributed by atoms with Crippen molar-refractivity contribution >= 4 is 5.69 Å². The molecule has 0 unspecified atom stereocenters. The van der Waals surface area contributed by atoms with Crippen LogP contribution in [0.2, 0.25) is 0 Å². The summed E-state index contributed by atoms with van der Waals surface area (Å²) in [6, 6.07) is 21.2. The van der Waals surface area contributed by atoms with Gasteiger partial charge in [0, 0.05) is 22.9 Å². The summed E-state index contributed by atoms with van der Waals surface area (Å²) in [6.45, 7) is 0. The molecule has 1 aromatic heterocycles. The Labute approximate surface area is 159 Å². The largest absolute Gasteiger partial charge is 0.417 e. The van der Waals surface area contributed by atoms with Crippen molar-refractivity contribution in [1.29, 1.82) is 0 Å². The third-order valence-corrected chi connectivity index (χ3v) is 4.41. The predicted octanol–water partition coefficient (Wildman–Crippen LogP) is 6.28. The molecule has 0 saturated heterocycles. The first-order valence-corrected chi connectivity index (χ1v) is 8.51. The van der Waals surface area contributed by atoms with Crippen molar-refractivity contribution < 1.29 is 17.7 Å². The Morgan fingerprint density at radius 3 is 2.11 bits per heavy atom. The van der Waals surface area contributed by atoms with E-state index in [2.05, 4.69) is 5.16 Å². The molecule has 2 N–H and O–H groups in total. The van der Waals surface area contributed by atoms with Crippen molar-refractivity contribution in [2.75, 3.05) is 5.73 Å². The monoisotopic (exact) mass is 380 g/mol. The van der Waals surface area contributed by atoms with Crippen LogP contribution in [0, 0.1) is 0 Å². The fraction of sp³-hybridized carbons (Fsp3) is 0.0455. The molecular formula is C22H15F3N2O. The maximum atomic E-state index is 13.7. The van der Waals surface area contributed by atoms with Gasteiger partial charge in [-0.2, -0.15) is 13.2 Å². The van der Waals surface area contributed by atoms with Gasteiger partial charge >= 0.3 is 6.18 Å².